The quantitative estimate of drug-likeness (QED) is 0.751. The molecule has 0 saturated carbocycles. The molecular formula is C9H11F3N2O. The first-order valence-corrected chi connectivity index (χ1v) is 4.25. The number of anilines is 2. The third-order valence-electron chi connectivity index (χ3n) is 1.77. The van der Waals surface area contributed by atoms with E-state index in [4.69, 9.17) is 16.2 Å². The molecule has 84 valence electrons. The lowest BCUT2D eigenvalue weighted by Crippen LogP contribution is -2.12. The number of rotatable bonds is 2. The molecule has 0 heterocycles. The average Bonchev–Trinajstić information content (AvgIpc) is 1.99. The highest BCUT2D eigenvalue weighted by molar-refractivity contribution is 5.66. The summed E-state index contributed by atoms with van der Waals surface area (Å²) in [6, 6.07) is 2.23. The fraction of sp³-hybridized carbons (Fsp3) is 0.333. The number of nitrogen functional groups attached to an aromatic ring is 2. The molecule has 15 heavy (non-hydrogen) atoms. The second-order valence-electron chi connectivity index (χ2n) is 2.91. The van der Waals surface area contributed by atoms with Crippen LogP contribution in [0.1, 0.15) is 12.5 Å². The molecule has 0 aliphatic rings. The van der Waals surface area contributed by atoms with Crippen molar-refractivity contribution < 1.29 is 17.9 Å². The van der Waals surface area contributed by atoms with Crippen LogP contribution >= 0.6 is 0 Å². The minimum Gasteiger partial charge on any atom is -0.494 e. The predicted octanol–water partition coefficient (Wildman–Crippen LogP) is 2.27. The van der Waals surface area contributed by atoms with Crippen LogP contribution in [0, 0.1) is 0 Å². The Hall–Kier alpha value is -1.59. The van der Waals surface area contributed by atoms with E-state index in [9.17, 15) is 13.2 Å². The fourth-order valence-electron chi connectivity index (χ4n) is 1.24. The monoisotopic (exact) mass is 220 g/mol. The van der Waals surface area contributed by atoms with Crippen LogP contribution in [-0.2, 0) is 6.18 Å². The van der Waals surface area contributed by atoms with Crippen LogP contribution in [0.5, 0.6) is 5.75 Å². The van der Waals surface area contributed by atoms with Gasteiger partial charge in [-0.3, -0.25) is 0 Å². The third-order valence-corrected chi connectivity index (χ3v) is 1.77. The SMILES string of the molecule is CCOc1cc(N)c(C(F)(F)F)c(N)c1. The molecule has 0 aliphatic carbocycles. The molecule has 3 nitrogen and oxygen atoms in total. The van der Waals surface area contributed by atoms with Gasteiger partial charge in [0.1, 0.15) is 11.3 Å². The van der Waals surface area contributed by atoms with E-state index in [1.807, 2.05) is 0 Å². The summed E-state index contributed by atoms with van der Waals surface area (Å²) in [5.74, 6) is 0.237. The van der Waals surface area contributed by atoms with Crippen LogP contribution in [0.15, 0.2) is 12.1 Å². The zero-order chi connectivity index (χ0) is 11.6. The van der Waals surface area contributed by atoms with Crippen molar-refractivity contribution in [3.63, 3.8) is 0 Å². The number of hydrogen-bond acceptors (Lipinski definition) is 3. The third kappa shape index (κ3) is 2.45. The van der Waals surface area contributed by atoms with Gasteiger partial charge in [-0.25, -0.2) is 0 Å². The number of halogens is 3. The van der Waals surface area contributed by atoms with Crippen molar-refractivity contribution in [2.24, 2.45) is 0 Å². The zero-order valence-corrected chi connectivity index (χ0v) is 8.06. The van der Waals surface area contributed by atoms with Crippen molar-refractivity contribution in [1.29, 1.82) is 0 Å². The van der Waals surface area contributed by atoms with Gasteiger partial charge in [-0.05, 0) is 6.92 Å². The van der Waals surface area contributed by atoms with E-state index in [1.54, 1.807) is 6.92 Å². The van der Waals surface area contributed by atoms with Crippen LogP contribution < -0.4 is 16.2 Å². The molecule has 0 spiro atoms. The van der Waals surface area contributed by atoms with Crippen molar-refractivity contribution in [3.8, 4) is 5.75 Å². The Kier molecular flexibility index (Phi) is 2.97. The standard InChI is InChI=1S/C9H11F3N2O/c1-2-15-5-3-6(13)8(7(14)4-5)9(10,11)12/h3-4H,2,13-14H2,1H3. The summed E-state index contributed by atoms with van der Waals surface area (Å²) in [5, 5.41) is 0. The highest BCUT2D eigenvalue weighted by atomic mass is 19.4. The van der Waals surface area contributed by atoms with Crippen molar-refractivity contribution >= 4 is 11.4 Å². The van der Waals surface area contributed by atoms with Gasteiger partial charge in [0, 0.05) is 23.5 Å². The number of nitrogens with two attached hydrogens (primary N) is 2. The predicted molar refractivity (Wildman–Crippen MR) is 51.4 cm³/mol. The van der Waals surface area contributed by atoms with Gasteiger partial charge in [0.15, 0.2) is 0 Å². The lowest BCUT2D eigenvalue weighted by molar-refractivity contribution is -0.136. The fourth-order valence-corrected chi connectivity index (χ4v) is 1.24. The van der Waals surface area contributed by atoms with Gasteiger partial charge in [0.25, 0.3) is 0 Å². The number of ether oxygens (including phenoxy) is 1. The largest absolute Gasteiger partial charge is 0.494 e. The summed E-state index contributed by atoms with van der Waals surface area (Å²) in [6.45, 7) is 2.05. The molecule has 0 radical (unpaired) electrons. The molecule has 1 rings (SSSR count). The second kappa shape index (κ2) is 3.88. The molecule has 4 N–H and O–H groups in total. The molecular weight excluding hydrogens is 209 g/mol. The van der Waals surface area contributed by atoms with Crippen LogP contribution in [0.25, 0.3) is 0 Å². The normalized spacial score (nSPS) is 11.5. The van der Waals surface area contributed by atoms with Gasteiger partial charge < -0.3 is 16.2 Å². The van der Waals surface area contributed by atoms with Crippen molar-refractivity contribution in [2.75, 3.05) is 18.1 Å². The van der Waals surface area contributed by atoms with Gasteiger partial charge in [-0.2, -0.15) is 13.2 Å². The zero-order valence-electron chi connectivity index (χ0n) is 8.06. The molecule has 0 aromatic heterocycles. The van der Waals surface area contributed by atoms with Crippen molar-refractivity contribution in [2.45, 2.75) is 13.1 Å². The minimum absolute atomic E-state index is 0.237. The Morgan fingerprint density at radius 3 is 2.00 bits per heavy atom. The Bertz CT molecular complexity index is 340. The lowest BCUT2D eigenvalue weighted by atomic mass is 10.1. The van der Waals surface area contributed by atoms with E-state index in [2.05, 4.69) is 0 Å². The molecule has 1 aromatic rings. The van der Waals surface area contributed by atoms with Gasteiger partial charge in [0.05, 0.1) is 6.61 Å². The molecule has 1 aromatic carbocycles. The highest BCUT2D eigenvalue weighted by Gasteiger charge is 2.35. The smallest absolute Gasteiger partial charge is 0.420 e. The van der Waals surface area contributed by atoms with Gasteiger partial charge in [-0.15, -0.1) is 0 Å². The molecule has 0 unspecified atom stereocenters. The van der Waals surface area contributed by atoms with Crippen LogP contribution in [-0.4, -0.2) is 6.61 Å². The maximum Gasteiger partial charge on any atom is 0.420 e. The van der Waals surface area contributed by atoms with Crippen LogP contribution in [0.4, 0.5) is 24.5 Å². The van der Waals surface area contributed by atoms with Crippen LogP contribution in [0.2, 0.25) is 0 Å². The topological polar surface area (TPSA) is 61.3 Å². The molecule has 0 fully saturated rings. The van der Waals surface area contributed by atoms with E-state index in [0.717, 1.165) is 12.1 Å². The van der Waals surface area contributed by atoms with Crippen molar-refractivity contribution in [1.82, 2.24) is 0 Å². The molecule has 0 aliphatic heterocycles. The molecule has 0 saturated heterocycles. The Labute approximate surface area is 84.8 Å². The van der Waals surface area contributed by atoms with Gasteiger partial charge in [0.2, 0.25) is 0 Å². The van der Waals surface area contributed by atoms with Crippen molar-refractivity contribution in [3.05, 3.63) is 17.7 Å². The first-order chi connectivity index (χ1) is 6.86. The number of benzene rings is 1. The Balaban J connectivity index is 3.22. The minimum atomic E-state index is -4.54. The van der Waals surface area contributed by atoms with E-state index in [1.165, 1.54) is 0 Å². The number of hydrogen-bond donors (Lipinski definition) is 2. The molecule has 6 heteroatoms. The molecule has 0 bridgehead atoms. The van der Waals surface area contributed by atoms with E-state index < -0.39 is 23.1 Å². The number of alkyl halides is 3. The lowest BCUT2D eigenvalue weighted by Gasteiger charge is -2.14. The summed E-state index contributed by atoms with van der Waals surface area (Å²) >= 11 is 0. The first-order valence-electron chi connectivity index (χ1n) is 4.25. The summed E-state index contributed by atoms with van der Waals surface area (Å²) in [6.07, 6.45) is -4.54. The first kappa shape index (κ1) is 11.5. The summed E-state index contributed by atoms with van der Waals surface area (Å²) in [7, 11) is 0. The van der Waals surface area contributed by atoms with Crippen LogP contribution in [0.3, 0.4) is 0 Å². The second-order valence-corrected chi connectivity index (χ2v) is 2.91. The molecule has 0 amide bonds. The highest BCUT2D eigenvalue weighted by Crippen LogP contribution is 2.39. The van der Waals surface area contributed by atoms with Gasteiger partial charge in [-0.1, -0.05) is 0 Å². The summed E-state index contributed by atoms with van der Waals surface area (Å²) < 4.78 is 42.3. The summed E-state index contributed by atoms with van der Waals surface area (Å²) in [4.78, 5) is 0. The Morgan fingerprint density at radius 2 is 1.67 bits per heavy atom. The Morgan fingerprint density at radius 1 is 1.20 bits per heavy atom. The maximum atomic E-state index is 12.4. The van der Waals surface area contributed by atoms with Gasteiger partial charge >= 0.3 is 6.18 Å². The summed E-state index contributed by atoms with van der Waals surface area (Å²) in [5.41, 5.74) is 8.66. The molecule has 0 atom stereocenters. The van der Waals surface area contributed by atoms with E-state index in [0.29, 0.717) is 6.61 Å². The average molecular weight is 220 g/mol. The van der Waals surface area contributed by atoms with E-state index in [-0.39, 0.29) is 5.75 Å². The van der Waals surface area contributed by atoms with E-state index >= 15 is 0 Å². The maximum absolute atomic E-state index is 12.4.